The van der Waals surface area contributed by atoms with Crippen molar-refractivity contribution in [3.05, 3.63) is 54.4 Å². The third kappa shape index (κ3) is 3.31. The number of carbonyl (C=O) groups is 1. The van der Waals surface area contributed by atoms with Gasteiger partial charge >= 0.3 is 0 Å². The van der Waals surface area contributed by atoms with Crippen LogP contribution in [0.4, 0.5) is 11.5 Å². The Bertz CT molecular complexity index is 1180. The molecule has 1 unspecified atom stereocenters. The summed E-state index contributed by atoms with van der Waals surface area (Å²) in [7, 11) is -3.36. The molecule has 1 aromatic heterocycles. The van der Waals surface area contributed by atoms with E-state index in [0.717, 1.165) is 23.9 Å². The number of fused-ring (bicyclic) bond motifs is 2. The van der Waals surface area contributed by atoms with E-state index in [1.54, 1.807) is 17.9 Å². The van der Waals surface area contributed by atoms with Gasteiger partial charge in [-0.2, -0.15) is 0 Å². The maximum absolute atomic E-state index is 13.0. The van der Waals surface area contributed by atoms with Crippen LogP contribution in [0.15, 0.2) is 53.7 Å². The molecule has 3 aromatic rings. The third-order valence-corrected chi connectivity index (χ3v) is 6.02. The number of benzene rings is 2. The van der Waals surface area contributed by atoms with Crippen LogP contribution in [0.2, 0.25) is 0 Å². The number of anilines is 2. The highest BCUT2D eigenvalue weighted by molar-refractivity contribution is 7.90. The number of nitrogens with zero attached hydrogens (tertiary/aromatic N) is 3. The molecule has 0 fully saturated rings. The van der Waals surface area contributed by atoms with Crippen LogP contribution in [0.1, 0.15) is 12.5 Å². The van der Waals surface area contributed by atoms with E-state index < -0.39 is 15.9 Å². The van der Waals surface area contributed by atoms with Gasteiger partial charge in [0.2, 0.25) is 5.91 Å². The average Bonchev–Trinajstić information content (AvgIpc) is 3.10. The van der Waals surface area contributed by atoms with Gasteiger partial charge in [-0.25, -0.2) is 18.4 Å². The van der Waals surface area contributed by atoms with E-state index in [-0.39, 0.29) is 10.8 Å². The first-order valence-corrected chi connectivity index (χ1v) is 10.8. The summed E-state index contributed by atoms with van der Waals surface area (Å²) in [5.41, 5.74) is 2.71. The molecular formula is C20H20N4O3S. The smallest absolute Gasteiger partial charge is 0.249 e. The lowest BCUT2D eigenvalue weighted by Crippen LogP contribution is -2.40. The quantitative estimate of drug-likeness (QED) is 0.728. The summed E-state index contributed by atoms with van der Waals surface area (Å²) in [6.07, 6.45) is 3.39. The zero-order valence-electron chi connectivity index (χ0n) is 15.6. The number of para-hydroxylation sites is 1. The SMILES string of the molecule is CC(Nc1ncnc2ccc(S(C)(=O)=O)cc12)C(=O)N1CCc2ccccc21. The number of sulfone groups is 1. The van der Waals surface area contributed by atoms with Crippen molar-refractivity contribution < 1.29 is 13.2 Å². The molecule has 0 spiro atoms. The molecule has 28 heavy (non-hydrogen) atoms. The van der Waals surface area contributed by atoms with E-state index in [1.807, 2.05) is 24.3 Å². The highest BCUT2D eigenvalue weighted by Crippen LogP contribution is 2.29. The zero-order valence-corrected chi connectivity index (χ0v) is 16.4. The maximum Gasteiger partial charge on any atom is 0.249 e. The summed E-state index contributed by atoms with van der Waals surface area (Å²) in [6, 6.07) is 12.0. The lowest BCUT2D eigenvalue weighted by atomic mass is 10.2. The molecule has 0 aliphatic carbocycles. The summed E-state index contributed by atoms with van der Waals surface area (Å²) in [5.74, 6) is 0.375. The van der Waals surface area contributed by atoms with Crippen molar-refractivity contribution in [2.45, 2.75) is 24.3 Å². The van der Waals surface area contributed by atoms with Crippen molar-refractivity contribution in [3.8, 4) is 0 Å². The number of nitrogens with one attached hydrogen (secondary N) is 1. The molecule has 0 saturated heterocycles. The van der Waals surface area contributed by atoms with Crippen LogP contribution in [0.5, 0.6) is 0 Å². The van der Waals surface area contributed by atoms with E-state index in [0.29, 0.717) is 23.3 Å². The lowest BCUT2D eigenvalue weighted by Gasteiger charge is -2.23. The molecule has 0 radical (unpaired) electrons. The average molecular weight is 396 g/mol. The van der Waals surface area contributed by atoms with Crippen LogP contribution in [-0.4, -0.2) is 43.1 Å². The van der Waals surface area contributed by atoms with Gasteiger partial charge in [0.15, 0.2) is 9.84 Å². The number of hydrogen-bond acceptors (Lipinski definition) is 6. The minimum absolute atomic E-state index is 0.0593. The van der Waals surface area contributed by atoms with E-state index in [2.05, 4.69) is 15.3 Å². The molecule has 1 aliphatic rings. The molecule has 1 atom stereocenters. The summed E-state index contributed by atoms with van der Waals surface area (Å²) in [4.78, 5) is 23.4. The van der Waals surface area contributed by atoms with Gasteiger partial charge in [0.25, 0.3) is 0 Å². The second kappa shape index (κ2) is 6.87. The van der Waals surface area contributed by atoms with Crippen molar-refractivity contribution in [3.63, 3.8) is 0 Å². The molecular weight excluding hydrogens is 376 g/mol. The zero-order chi connectivity index (χ0) is 19.9. The van der Waals surface area contributed by atoms with Gasteiger partial charge in [-0.05, 0) is 43.2 Å². The summed E-state index contributed by atoms with van der Waals surface area (Å²) >= 11 is 0. The Morgan fingerprint density at radius 3 is 2.75 bits per heavy atom. The molecule has 2 aromatic carbocycles. The molecule has 2 heterocycles. The molecule has 0 saturated carbocycles. The van der Waals surface area contributed by atoms with Crippen molar-refractivity contribution in [1.82, 2.24) is 9.97 Å². The standard InChI is InChI=1S/C20H20N4O3S/c1-13(20(25)24-10-9-14-5-3-4-6-18(14)24)23-19-16-11-15(28(2,26)27)7-8-17(16)21-12-22-19/h3-8,11-13H,9-10H2,1-2H3,(H,21,22,23). The number of amides is 1. The highest BCUT2D eigenvalue weighted by Gasteiger charge is 2.28. The van der Waals surface area contributed by atoms with Gasteiger partial charge in [-0.15, -0.1) is 0 Å². The van der Waals surface area contributed by atoms with Gasteiger partial charge in [-0.1, -0.05) is 18.2 Å². The number of carbonyl (C=O) groups excluding carboxylic acids is 1. The monoisotopic (exact) mass is 396 g/mol. The lowest BCUT2D eigenvalue weighted by molar-refractivity contribution is -0.118. The minimum atomic E-state index is -3.36. The largest absolute Gasteiger partial charge is 0.358 e. The second-order valence-corrected chi connectivity index (χ2v) is 8.92. The van der Waals surface area contributed by atoms with E-state index in [9.17, 15) is 13.2 Å². The van der Waals surface area contributed by atoms with E-state index in [1.165, 1.54) is 18.5 Å². The Hall–Kier alpha value is -3.00. The molecule has 0 bridgehead atoms. The van der Waals surface area contributed by atoms with Gasteiger partial charge < -0.3 is 10.2 Å². The predicted octanol–water partition coefficient (Wildman–Crippen LogP) is 2.42. The molecule has 144 valence electrons. The van der Waals surface area contributed by atoms with Crippen molar-refractivity contribution in [2.75, 3.05) is 23.0 Å². The summed E-state index contributed by atoms with van der Waals surface area (Å²) in [5, 5.41) is 3.70. The van der Waals surface area contributed by atoms with Crippen molar-refractivity contribution in [1.29, 1.82) is 0 Å². The van der Waals surface area contributed by atoms with Crippen LogP contribution >= 0.6 is 0 Å². The fourth-order valence-corrected chi connectivity index (χ4v) is 4.10. The van der Waals surface area contributed by atoms with Crippen LogP contribution in [0, 0.1) is 0 Å². The summed E-state index contributed by atoms with van der Waals surface area (Å²) < 4.78 is 23.8. The maximum atomic E-state index is 13.0. The van der Waals surface area contributed by atoms with Crippen LogP contribution in [-0.2, 0) is 21.1 Å². The summed E-state index contributed by atoms with van der Waals surface area (Å²) in [6.45, 7) is 2.42. The van der Waals surface area contributed by atoms with Crippen LogP contribution < -0.4 is 10.2 Å². The molecule has 1 amide bonds. The van der Waals surface area contributed by atoms with Crippen LogP contribution in [0.3, 0.4) is 0 Å². The number of aromatic nitrogens is 2. The molecule has 7 nitrogen and oxygen atoms in total. The van der Waals surface area contributed by atoms with Gasteiger partial charge in [0, 0.05) is 23.9 Å². The second-order valence-electron chi connectivity index (χ2n) is 6.91. The minimum Gasteiger partial charge on any atom is -0.358 e. The Balaban J connectivity index is 1.64. The van der Waals surface area contributed by atoms with Crippen molar-refractivity contribution in [2.24, 2.45) is 0 Å². The van der Waals surface area contributed by atoms with Crippen molar-refractivity contribution >= 4 is 38.2 Å². The Morgan fingerprint density at radius 1 is 1.18 bits per heavy atom. The van der Waals surface area contributed by atoms with E-state index in [4.69, 9.17) is 0 Å². The van der Waals surface area contributed by atoms with Gasteiger partial charge in [-0.3, -0.25) is 4.79 Å². The fourth-order valence-electron chi connectivity index (χ4n) is 3.45. The Kier molecular flexibility index (Phi) is 4.50. The molecule has 1 aliphatic heterocycles. The topological polar surface area (TPSA) is 92.3 Å². The molecule has 8 heteroatoms. The Labute approximate surface area is 163 Å². The van der Waals surface area contributed by atoms with Gasteiger partial charge in [0.05, 0.1) is 10.4 Å². The first-order chi connectivity index (χ1) is 13.3. The molecule has 1 N–H and O–H groups in total. The first-order valence-electron chi connectivity index (χ1n) is 8.95. The van der Waals surface area contributed by atoms with Crippen LogP contribution in [0.25, 0.3) is 10.9 Å². The molecule has 4 rings (SSSR count). The fraction of sp³-hybridized carbons (Fsp3) is 0.250. The highest BCUT2D eigenvalue weighted by atomic mass is 32.2. The van der Waals surface area contributed by atoms with E-state index >= 15 is 0 Å². The third-order valence-electron chi connectivity index (χ3n) is 4.91. The number of hydrogen-bond donors (Lipinski definition) is 1. The predicted molar refractivity (Wildman–Crippen MR) is 108 cm³/mol. The normalized spacial score (nSPS) is 14.7. The number of rotatable bonds is 4. The first kappa shape index (κ1) is 18.4. The van der Waals surface area contributed by atoms with Gasteiger partial charge in [0.1, 0.15) is 18.2 Å². The Morgan fingerprint density at radius 2 is 1.96 bits per heavy atom.